The van der Waals surface area contributed by atoms with Gasteiger partial charge in [0.05, 0.1) is 20.3 Å². The Morgan fingerprint density at radius 2 is 2.00 bits per heavy atom. The second-order valence-electron chi connectivity index (χ2n) is 4.76. The first-order chi connectivity index (χ1) is 10.3. The van der Waals surface area contributed by atoms with E-state index in [9.17, 15) is 13.2 Å². The molecule has 1 amide bonds. The zero-order chi connectivity index (χ0) is 16.8. The first kappa shape index (κ1) is 18.4. The van der Waals surface area contributed by atoms with Crippen LogP contribution in [0.15, 0.2) is 23.1 Å². The van der Waals surface area contributed by atoms with E-state index in [4.69, 9.17) is 9.47 Å². The summed E-state index contributed by atoms with van der Waals surface area (Å²) in [6.07, 6.45) is 0. The molecule has 1 N–H and O–H groups in total. The Labute approximate surface area is 131 Å². The molecule has 8 heteroatoms. The number of hydrogen-bond donors (Lipinski definition) is 1. The molecule has 0 unspecified atom stereocenters. The SMILES string of the molecule is COCCNC(=O)CN(C)S(=O)(=O)c1cc(C)ccc1OC. The van der Waals surface area contributed by atoms with E-state index in [1.54, 1.807) is 19.1 Å². The Morgan fingerprint density at radius 3 is 2.59 bits per heavy atom. The van der Waals surface area contributed by atoms with Gasteiger partial charge in [0.15, 0.2) is 0 Å². The molecule has 124 valence electrons. The summed E-state index contributed by atoms with van der Waals surface area (Å²) in [6, 6.07) is 4.87. The summed E-state index contributed by atoms with van der Waals surface area (Å²) >= 11 is 0. The summed E-state index contributed by atoms with van der Waals surface area (Å²) < 4.78 is 36.0. The van der Waals surface area contributed by atoms with E-state index in [-0.39, 0.29) is 17.2 Å². The molecular weight excluding hydrogens is 308 g/mol. The highest BCUT2D eigenvalue weighted by Gasteiger charge is 2.26. The molecule has 0 fully saturated rings. The molecule has 0 spiro atoms. The van der Waals surface area contributed by atoms with Gasteiger partial charge in [-0.05, 0) is 24.6 Å². The number of methoxy groups -OCH3 is 2. The molecule has 0 saturated heterocycles. The smallest absolute Gasteiger partial charge is 0.246 e. The molecular formula is C14H22N2O5S. The average Bonchev–Trinajstić information content (AvgIpc) is 2.47. The van der Waals surface area contributed by atoms with Crippen LogP contribution < -0.4 is 10.1 Å². The summed E-state index contributed by atoms with van der Waals surface area (Å²) in [5.74, 6) is -0.146. The van der Waals surface area contributed by atoms with Gasteiger partial charge in [-0.2, -0.15) is 4.31 Å². The van der Waals surface area contributed by atoms with Gasteiger partial charge in [-0.1, -0.05) is 6.07 Å². The van der Waals surface area contributed by atoms with Gasteiger partial charge in [-0.15, -0.1) is 0 Å². The van der Waals surface area contributed by atoms with E-state index in [0.717, 1.165) is 9.87 Å². The van der Waals surface area contributed by atoms with Crippen LogP contribution in [0.2, 0.25) is 0 Å². The van der Waals surface area contributed by atoms with Crippen molar-refractivity contribution in [2.24, 2.45) is 0 Å². The van der Waals surface area contributed by atoms with Crippen LogP contribution in [0.25, 0.3) is 0 Å². The third kappa shape index (κ3) is 4.69. The standard InChI is InChI=1S/C14H22N2O5S/c1-11-5-6-12(21-4)13(9-11)22(18,19)16(2)10-14(17)15-7-8-20-3/h5-6,9H,7-8,10H2,1-4H3,(H,15,17). The van der Waals surface area contributed by atoms with Gasteiger partial charge >= 0.3 is 0 Å². The number of ether oxygens (including phenoxy) is 2. The molecule has 0 saturated carbocycles. The molecule has 0 atom stereocenters. The van der Waals surface area contributed by atoms with Crippen LogP contribution in [0.1, 0.15) is 5.56 Å². The topological polar surface area (TPSA) is 84.9 Å². The van der Waals surface area contributed by atoms with Crippen molar-refractivity contribution in [3.8, 4) is 5.75 Å². The Balaban J connectivity index is 2.89. The number of amides is 1. The molecule has 0 radical (unpaired) electrons. The van der Waals surface area contributed by atoms with Crippen LogP contribution >= 0.6 is 0 Å². The third-order valence-corrected chi connectivity index (χ3v) is 4.83. The molecule has 22 heavy (non-hydrogen) atoms. The number of nitrogens with zero attached hydrogens (tertiary/aromatic N) is 1. The quantitative estimate of drug-likeness (QED) is 0.697. The number of likely N-dealkylation sites (N-methyl/N-ethyl adjacent to an activating group) is 1. The van der Waals surface area contributed by atoms with Gasteiger partial charge in [0.2, 0.25) is 15.9 Å². The number of hydrogen-bond acceptors (Lipinski definition) is 5. The van der Waals surface area contributed by atoms with Crippen molar-refractivity contribution in [2.75, 3.05) is 41.0 Å². The maximum atomic E-state index is 12.6. The second kappa shape index (κ2) is 8.11. The van der Waals surface area contributed by atoms with Crippen molar-refractivity contribution in [3.63, 3.8) is 0 Å². The highest BCUT2D eigenvalue weighted by atomic mass is 32.2. The molecule has 1 rings (SSSR count). The van der Waals surface area contributed by atoms with Crippen molar-refractivity contribution in [2.45, 2.75) is 11.8 Å². The molecule has 0 aromatic heterocycles. The molecule has 0 aliphatic heterocycles. The fraction of sp³-hybridized carbons (Fsp3) is 0.500. The Morgan fingerprint density at radius 1 is 1.32 bits per heavy atom. The molecule has 0 aliphatic carbocycles. The minimum atomic E-state index is -3.81. The van der Waals surface area contributed by atoms with Crippen molar-refractivity contribution >= 4 is 15.9 Å². The fourth-order valence-electron chi connectivity index (χ4n) is 1.79. The van der Waals surface area contributed by atoms with Crippen LogP contribution in [0.3, 0.4) is 0 Å². The first-order valence-electron chi connectivity index (χ1n) is 6.69. The van der Waals surface area contributed by atoms with Crippen LogP contribution in [-0.4, -0.2) is 59.6 Å². The lowest BCUT2D eigenvalue weighted by Crippen LogP contribution is -2.39. The Hall–Kier alpha value is -1.64. The molecule has 0 heterocycles. The van der Waals surface area contributed by atoms with E-state index in [1.807, 2.05) is 0 Å². The number of nitrogens with one attached hydrogen (secondary N) is 1. The molecule has 1 aromatic rings. The van der Waals surface area contributed by atoms with Crippen LogP contribution in [-0.2, 0) is 19.6 Å². The van der Waals surface area contributed by atoms with E-state index < -0.39 is 15.9 Å². The lowest BCUT2D eigenvalue weighted by molar-refractivity contribution is -0.121. The summed E-state index contributed by atoms with van der Waals surface area (Å²) in [7, 11) is 0.465. The average molecular weight is 330 g/mol. The largest absolute Gasteiger partial charge is 0.495 e. The highest BCUT2D eigenvalue weighted by Crippen LogP contribution is 2.26. The van der Waals surface area contributed by atoms with Crippen LogP contribution in [0, 0.1) is 6.92 Å². The summed E-state index contributed by atoms with van der Waals surface area (Å²) in [5, 5.41) is 2.58. The number of sulfonamides is 1. The van der Waals surface area contributed by atoms with Crippen molar-refractivity contribution in [1.29, 1.82) is 0 Å². The monoisotopic (exact) mass is 330 g/mol. The maximum Gasteiger partial charge on any atom is 0.246 e. The highest BCUT2D eigenvalue weighted by molar-refractivity contribution is 7.89. The van der Waals surface area contributed by atoms with Crippen LogP contribution in [0.5, 0.6) is 5.75 Å². The van der Waals surface area contributed by atoms with Gasteiger partial charge in [-0.25, -0.2) is 8.42 Å². The molecule has 0 aliphatic rings. The predicted molar refractivity (Wildman–Crippen MR) is 82.4 cm³/mol. The van der Waals surface area contributed by atoms with Crippen molar-refractivity contribution in [1.82, 2.24) is 9.62 Å². The van der Waals surface area contributed by atoms with Gasteiger partial charge in [-0.3, -0.25) is 4.79 Å². The van der Waals surface area contributed by atoms with Gasteiger partial charge in [0.1, 0.15) is 10.6 Å². The predicted octanol–water partition coefficient (Wildman–Crippen LogP) is 0.387. The van der Waals surface area contributed by atoms with E-state index in [1.165, 1.54) is 27.3 Å². The minimum Gasteiger partial charge on any atom is -0.495 e. The Bertz CT molecular complexity index is 616. The minimum absolute atomic E-state index is 0.0437. The summed E-state index contributed by atoms with van der Waals surface area (Å²) in [6.45, 7) is 2.21. The number of aryl methyl sites for hydroxylation is 1. The normalized spacial score (nSPS) is 11.5. The maximum absolute atomic E-state index is 12.6. The number of carbonyl (C=O) groups is 1. The fourth-order valence-corrected chi connectivity index (χ4v) is 3.15. The first-order valence-corrected chi connectivity index (χ1v) is 8.13. The van der Waals surface area contributed by atoms with E-state index in [2.05, 4.69) is 5.32 Å². The third-order valence-electron chi connectivity index (χ3n) is 3.00. The summed E-state index contributed by atoms with van der Waals surface area (Å²) in [5.41, 5.74) is 0.789. The number of carbonyl (C=O) groups excluding carboxylic acids is 1. The van der Waals surface area contributed by atoms with Crippen molar-refractivity contribution < 1.29 is 22.7 Å². The van der Waals surface area contributed by atoms with Gasteiger partial charge in [0, 0.05) is 20.7 Å². The molecule has 0 bridgehead atoms. The molecule has 1 aromatic carbocycles. The zero-order valence-electron chi connectivity index (χ0n) is 13.3. The lowest BCUT2D eigenvalue weighted by atomic mass is 10.2. The lowest BCUT2D eigenvalue weighted by Gasteiger charge is -2.19. The Kier molecular flexibility index (Phi) is 6.79. The van der Waals surface area contributed by atoms with Gasteiger partial charge < -0.3 is 14.8 Å². The van der Waals surface area contributed by atoms with Gasteiger partial charge in [0.25, 0.3) is 0 Å². The number of rotatable bonds is 8. The van der Waals surface area contributed by atoms with E-state index >= 15 is 0 Å². The summed E-state index contributed by atoms with van der Waals surface area (Å²) in [4.78, 5) is 11.8. The van der Waals surface area contributed by atoms with Crippen molar-refractivity contribution in [3.05, 3.63) is 23.8 Å². The second-order valence-corrected chi connectivity index (χ2v) is 6.77. The van der Waals surface area contributed by atoms with Crippen LogP contribution in [0.4, 0.5) is 0 Å². The molecule has 7 nitrogen and oxygen atoms in total. The number of benzene rings is 1. The zero-order valence-corrected chi connectivity index (χ0v) is 14.1. The van der Waals surface area contributed by atoms with E-state index in [0.29, 0.717) is 13.2 Å².